The Bertz CT molecular complexity index is 461. The Morgan fingerprint density at radius 1 is 0.700 bits per heavy atom. The Balaban J connectivity index is 0.000000867. The monoisotopic (exact) mass is 484 g/mol. The van der Waals surface area contributed by atoms with E-state index in [1.807, 2.05) is 13.0 Å². The van der Waals surface area contributed by atoms with E-state index in [1.165, 1.54) is 95.5 Å². The summed E-state index contributed by atoms with van der Waals surface area (Å²) in [6.07, 6.45) is 21.0. The van der Waals surface area contributed by atoms with Crippen molar-refractivity contribution in [2.24, 2.45) is 0 Å². The Kier molecular flexibility index (Phi) is 23.8. The normalized spacial score (nSPS) is 10.4. The van der Waals surface area contributed by atoms with E-state index in [4.69, 9.17) is 4.74 Å². The van der Waals surface area contributed by atoms with Crippen LogP contribution in [-0.4, -0.2) is 28.6 Å². The molecule has 1 rings (SSSR count). The van der Waals surface area contributed by atoms with Crippen LogP contribution >= 0.6 is 0 Å². The summed E-state index contributed by atoms with van der Waals surface area (Å²) in [5, 5.41) is 1.08. The van der Waals surface area contributed by atoms with Gasteiger partial charge >= 0.3 is 63.2 Å². The molecule has 0 atom stereocenters. The molecule has 2 nitrogen and oxygen atoms in total. The van der Waals surface area contributed by atoms with Crippen LogP contribution in [0, 0.1) is 0 Å². The third-order valence-corrected chi connectivity index (χ3v) is 6.08. The van der Waals surface area contributed by atoms with Crippen LogP contribution in [-0.2, 0) is 14.9 Å². The van der Waals surface area contributed by atoms with Crippen molar-refractivity contribution in [3.8, 4) is 0 Å². The molecule has 0 aromatic heterocycles. The number of benzene rings is 1. The Hall–Kier alpha value is -0.791. The number of esters is 1. The van der Waals surface area contributed by atoms with Gasteiger partial charge in [-0.2, -0.15) is 0 Å². The van der Waals surface area contributed by atoms with Gasteiger partial charge in [0.25, 0.3) is 0 Å². The Morgan fingerprint density at radius 2 is 1.13 bits per heavy atom. The van der Waals surface area contributed by atoms with Gasteiger partial charge in [-0.05, 0) is 13.3 Å². The zero-order chi connectivity index (χ0) is 22.1. The van der Waals surface area contributed by atoms with E-state index in [0.29, 0.717) is 13.0 Å². The predicted molar refractivity (Wildman–Crippen MR) is 133 cm³/mol. The number of hydrogen-bond donors (Lipinski definition) is 0. The van der Waals surface area contributed by atoms with Crippen molar-refractivity contribution in [1.82, 2.24) is 0 Å². The van der Waals surface area contributed by atoms with Crippen molar-refractivity contribution in [2.45, 2.75) is 122 Å². The standard InChI is InChI=1S/C20H40O2.C7H8Se/c1-3-5-6-7-8-9-10-11-12-13-14-15-16-17-18-19-20(21)22-4-2;8-6-7-4-2-1-3-5-7/h3-19H2,1-2H3;1-5,8H,6H2. The molecule has 0 unspecified atom stereocenters. The molecular formula is C27H48O2Se. The molecule has 1 aromatic rings. The van der Waals surface area contributed by atoms with E-state index >= 15 is 0 Å². The predicted octanol–water partition coefficient (Wildman–Crippen LogP) is 7.90. The van der Waals surface area contributed by atoms with E-state index < -0.39 is 0 Å². The Labute approximate surface area is 195 Å². The van der Waals surface area contributed by atoms with Crippen LogP contribution in [0.3, 0.4) is 0 Å². The molecule has 0 saturated heterocycles. The molecular weight excluding hydrogens is 435 g/mol. The van der Waals surface area contributed by atoms with E-state index in [0.717, 1.165) is 11.7 Å². The summed E-state index contributed by atoms with van der Waals surface area (Å²) in [7, 11) is 0. The average Bonchev–Trinajstić information content (AvgIpc) is 2.77. The molecule has 3 heteroatoms. The SMILES string of the molecule is CCCCCCCCCCCCCCCCCC(=O)OCC.[SeH]Cc1ccccc1. The molecule has 0 amide bonds. The van der Waals surface area contributed by atoms with Crippen molar-refractivity contribution in [3.63, 3.8) is 0 Å². The van der Waals surface area contributed by atoms with Gasteiger partial charge in [-0.1, -0.05) is 96.8 Å². The first-order valence-corrected chi connectivity index (χ1v) is 13.9. The molecule has 30 heavy (non-hydrogen) atoms. The zero-order valence-electron chi connectivity index (χ0n) is 19.9. The van der Waals surface area contributed by atoms with Crippen LogP contribution in [0.25, 0.3) is 0 Å². The summed E-state index contributed by atoms with van der Waals surface area (Å²) in [6, 6.07) is 10.4. The van der Waals surface area contributed by atoms with E-state index in [2.05, 4.69) is 47.2 Å². The summed E-state index contributed by atoms with van der Waals surface area (Å²) >= 11 is 2.56. The first-order valence-electron chi connectivity index (χ1n) is 12.5. The number of carbonyl (C=O) groups excluding carboxylic acids is 1. The second-order valence-corrected chi connectivity index (χ2v) is 8.81. The van der Waals surface area contributed by atoms with Crippen molar-refractivity contribution in [3.05, 3.63) is 35.9 Å². The first kappa shape index (κ1) is 29.2. The quantitative estimate of drug-likeness (QED) is 0.120. The van der Waals surface area contributed by atoms with Gasteiger partial charge in [0, 0.05) is 6.42 Å². The molecule has 0 spiro atoms. The maximum absolute atomic E-state index is 11.2. The number of unbranched alkanes of at least 4 members (excludes halogenated alkanes) is 14. The summed E-state index contributed by atoms with van der Waals surface area (Å²) < 4.78 is 4.92. The van der Waals surface area contributed by atoms with E-state index in [9.17, 15) is 4.79 Å². The van der Waals surface area contributed by atoms with Gasteiger partial charge in [-0.3, -0.25) is 4.79 Å². The molecule has 0 saturated carbocycles. The topological polar surface area (TPSA) is 26.3 Å². The molecule has 0 aliphatic carbocycles. The fraction of sp³-hybridized carbons (Fsp3) is 0.741. The molecule has 0 fully saturated rings. The van der Waals surface area contributed by atoms with Crippen molar-refractivity contribution in [2.75, 3.05) is 6.61 Å². The summed E-state index contributed by atoms with van der Waals surface area (Å²) in [5.41, 5.74) is 1.38. The third-order valence-electron chi connectivity index (χ3n) is 5.32. The van der Waals surface area contributed by atoms with Gasteiger partial charge in [-0.25, -0.2) is 0 Å². The van der Waals surface area contributed by atoms with Crippen LogP contribution in [0.4, 0.5) is 0 Å². The maximum atomic E-state index is 11.2. The second-order valence-electron chi connectivity index (χ2n) is 8.15. The third kappa shape index (κ3) is 21.9. The summed E-state index contributed by atoms with van der Waals surface area (Å²) in [6.45, 7) is 4.66. The molecule has 0 aliphatic rings. The van der Waals surface area contributed by atoms with Crippen LogP contribution in [0.2, 0.25) is 0 Å². The minimum absolute atomic E-state index is 0.0304. The molecule has 0 bridgehead atoms. The van der Waals surface area contributed by atoms with Crippen molar-refractivity contribution in [1.29, 1.82) is 0 Å². The summed E-state index contributed by atoms with van der Waals surface area (Å²) in [5.74, 6) is -0.0304. The van der Waals surface area contributed by atoms with Crippen molar-refractivity contribution < 1.29 is 9.53 Å². The molecule has 0 radical (unpaired) electrons. The van der Waals surface area contributed by atoms with Gasteiger partial charge in [0.05, 0.1) is 6.61 Å². The van der Waals surface area contributed by atoms with Crippen LogP contribution in [0.1, 0.15) is 122 Å². The zero-order valence-corrected chi connectivity index (χ0v) is 21.8. The number of ether oxygens (including phenoxy) is 1. The van der Waals surface area contributed by atoms with Gasteiger partial charge < -0.3 is 4.74 Å². The fourth-order valence-electron chi connectivity index (χ4n) is 3.46. The fourth-order valence-corrected chi connectivity index (χ4v) is 3.90. The number of rotatable bonds is 18. The van der Waals surface area contributed by atoms with Crippen LogP contribution < -0.4 is 0 Å². The minimum atomic E-state index is -0.0304. The molecule has 1 aromatic carbocycles. The van der Waals surface area contributed by atoms with E-state index in [-0.39, 0.29) is 5.97 Å². The van der Waals surface area contributed by atoms with E-state index in [1.54, 1.807) is 0 Å². The first-order chi connectivity index (χ1) is 14.7. The van der Waals surface area contributed by atoms with Gasteiger partial charge in [0.2, 0.25) is 0 Å². The molecule has 0 N–H and O–H groups in total. The van der Waals surface area contributed by atoms with Gasteiger partial charge in [-0.15, -0.1) is 0 Å². The number of hydrogen-bond acceptors (Lipinski definition) is 2. The average molecular weight is 484 g/mol. The van der Waals surface area contributed by atoms with Gasteiger partial charge in [0.15, 0.2) is 0 Å². The number of carbonyl (C=O) groups is 1. The van der Waals surface area contributed by atoms with Crippen molar-refractivity contribution >= 4 is 22.0 Å². The summed E-state index contributed by atoms with van der Waals surface area (Å²) in [4.78, 5) is 11.2. The molecule has 0 aliphatic heterocycles. The Morgan fingerprint density at radius 3 is 1.50 bits per heavy atom. The second kappa shape index (κ2) is 24.5. The van der Waals surface area contributed by atoms with Crippen LogP contribution in [0.15, 0.2) is 30.3 Å². The molecule has 0 heterocycles. The molecule has 174 valence electrons. The van der Waals surface area contributed by atoms with Gasteiger partial charge in [0.1, 0.15) is 0 Å². The van der Waals surface area contributed by atoms with Crippen LogP contribution in [0.5, 0.6) is 0 Å².